The number of ether oxygens (including phenoxy) is 1. The molecule has 0 unspecified atom stereocenters. The maximum absolute atomic E-state index is 13.0. The fourth-order valence-corrected chi connectivity index (χ4v) is 4.20. The minimum Gasteiger partial charge on any atom is -0.379 e. The molecule has 8 nitrogen and oxygen atoms in total. The molecule has 4 rings (SSSR count). The van der Waals surface area contributed by atoms with E-state index in [0.29, 0.717) is 44.0 Å². The van der Waals surface area contributed by atoms with Gasteiger partial charge in [-0.1, -0.05) is 32.9 Å². The number of carbonyl (C=O) groups is 2. The van der Waals surface area contributed by atoms with Crippen LogP contribution in [-0.4, -0.2) is 59.5 Å². The predicted octanol–water partition coefficient (Wildman–Crippen LogP) is 4.08. The Hall–Kier alpha value is -3.62. The summed E-state index contributed by atoms with van der Waals surface area (Å²) in [5.74, 6) is 0.247. The molecule has 1 fully saturated rings. The molecule has 0 spiro atoms. The number of benzene rings is 1. The first kappa shape index (κ1) is 26.4. The highest BCUT2D eigenvalue weighted by molar-refractivity contribution is 6.05. The van der Waals surface area contributed by atoms with Crippen molar-refractivity contribution in [3.63, 3.8) is 0 Å². The third-order valence-electron chi connectivity index (χ3n) is 6.36. The molecule has 2 amide bonds. The van der Waals surface area contributed by atoms with Gasteiger partial charge in [-0.15, -0.1) is 0 Å². The van der Waals surface area contributed by atoms with Gasteiger partial charge in [0.15, 0.2) is 0 Å². The lowest BCUT2D eigenvalue weighted by Crippen LogP contribution is -2.41. The van der Waals surface area contributed by atoms with E-state index in [-0.39, 0.29) is 17.2 Å². The Balaban J connectivity index is 1.36. The number of pyridine rings is 2. The van der Waals surface area contributed by atoms with E-state index in [9.17, 15) is 9.59 Å². The second kappa shape index (κ2) is 12.1. The predicted molar refractivity (Wildman–Crippen MR) is 145 cm³/mol. The third kappa shape index (κ3) is 7.68. The van der Waals surface area contributed by atoms with Gasteiger partial charge in [-0.3, -0.25) is 19.5 Å². The van der Waals surface area contributed by atoms with Crippen LogP contribution in [0.3, 0.4) is 0 Å². The topological polar surface area (TPSA) is 96.4 Å². The Morgan fingerprint density at radius 1 is 0.946 bits per heavy atom. The monoisotopic (exact) mass is 501 g/mol. The van der Waals surface area contributed by atoms with Crippen LogP contribution in [0.15, 0.2) is 60.9 Å². The molecular weight excluding hydrogens is 466 g/mol. The Bertz CT molecular complexity index is 1210. The standard InChI is InChI=1S/C29H35N5O3/c1-29(2,3)22-7-9-23(10-8-22)32-28(36)24-5-4-13-30-25(24)11-6-21-12-14-31-26(19-21)33-27(35)20-34-15-17-37-18-16-34/h4-5,7-10,12-14,19H,6,11,15-18,20H2,1-3H3,(H,32,36)(H,31,33,35). The maximum Gasteiger partial charge on any atom is 0.257 e. The van der Waals surface area contributed by atoms with Crippen LogP contribution >= 0.6 is 0 Å². The minimum absolute atomic E-state index is 0.0530. The number of hydrogen-bond acceptors (Lipinski definition) is 6. The van der Waals surface area contributed by atoms with Crippen molar-refractivity contribution < 1.29 is 14.3 Å². The van der Waals surface area contributed by atoms with Crippen LogP contribution in [0.1, 0.15) is 48.0 Å². The number of nitrogens with zero attached hydrogens (tertiary/aromatic N) is 3. The number of carbonyl (C=O) groups excluding carboxylic acids is 2. The molecule has 8 heteroatoms. The van der Waals surface area contributed by atoms with Crippen molar-refractivity contribution in [2.24, 2.45) is 0 Å². The molecule has 0 bridgehead atoms. The highest BCUT2D eigenvalue weighted by Crippen LogP contribution is 2.24. The van der Waals surface area contributed by atoms with E-state index in [0.717, 1.165) is 30.0 Å². The van der Waals surface area contributed by atoms with Gasteiger partial charge in [0.1, 0.15) is 5.82 Å². The Labute approximate surface area is 218 Å². The van der Waals surface area contributed by atoms with Crippen LogP contribution in [0.5, 0.6) is 0 Å². The van der Waals surface area contributed by atoms with Crippen molar-refractivity contribution in [2.45, 2.75) is 39.0 Å². The fourth-order valence-electron chi connectivity index (χ4n) is 4.20. The summed E-state index contributed by atoms with van der Waals surface area (Å²) >= 11 is 0. The van der Waals surface area contributed by atoms with Crippen molar-refractivity contribution in [1.29, 1.82) is 0 Å². The molecule has 1 aliphatic heterocycles. The van der Waals surface area contributed by atoms with Crippen LogP contribution in [0.4, 0.5) is 11.5 Å². The normalized spacial score (nSPS) is 14.2. The van der Waals surface area contributed by atoms with Gasteiger partial charge in [-0.25, -0.2) is 4.98 Å². The first-order chi connectivity index (χ1) is 17.8. The largest absolute Gasteiger partial charge is 0.379 e. The van der Waals surface area contributed by atoms with Crippen molar-refractivity contribution >= 4 is 23.3 Å². The lowest BCUT2D eigenvalue weighted by atomic mass is 9.87. The number of hydrogen-bond donors (Lipinski definition) is 2. The summed E-state index contributed by atoms with van der Waals surface area (Å²) in [7, 11) is 0. The molecular formula is C29H35N5O3. The number of morpholine rings is 1. The number of nitrogens with one attached hydrogen (secondary N) is 2. The summed E-state index contributed by atoms with van der Waals surface area (Å²) in [5.41, 5.74) is 4.29. The SMILES string of the molecule is CC(C)(C)c1ccc(NC(=O)c2cccnc2CCc2ccnc(NC(=O)CN3CCOCC3)c2)cc1. The average Bonchev–Trinajstić information content (AvgIpc) is 2.88. The van der Waals surface area contributed by atoms with Crippen molar-refractivity contribution in [1.82, 2.24) is 14.9 Å². The van der Waals surface area contributed by atoms with Crippen LogP contribution in [-0.2, 0) is 27.8 Å². The third-order valence-corrected chi connectivity index (χ3v) is 6.36. The van der Waals surface area contributed by atoms with E-state index < -0.39 is 0 Å². The molecule has 3 heterocycles. The molecule has 3 aromatic rings. The van der Waals surface area contributed by atoms with E-state index in [1.54, 1.807) is 24.5 Å². The summed E-state index contributed by atoms with van der Waals surface area (Å²) < 4.78 is 5.33. The molecule has 1 aromatic carbocycles. The summed E-state index contributed by atoms with van der Waals surface area (Å²) in [6.07, 6.45) is 4.63. The second-order valence-corrected chi connectivity index (χ2v) is 10.3. The number of aromatic nitrogens is 2. The van der Waals surface area contributed by atoms with Crippen LogP contribution in [0.25, 0.3) is 0 Å². The molecule has 0 aliphatic carbocycles. The molecule has 0 atom stereocenters. The zero-order chi connectivity index (χ0) is 26.3. The van der Waals surface area contributed by atoms with Crippen LogP contribution in [0, 0.1) is 0 Å². The van der Waals surface area contributed by atoms with E-state index in [4.69, 9.17) is 4.74 Å². The number of rotatable bonds is 8. The van der Waals surface area contributed by atoms with Crippen molar-refractivity contribution in [2.75, 3.05) is 43.5 Å². The lowest BCUT2D eigenvalue weighted by molar-refractivity contribution is -0.118. The summed E-state index contributed by atoms with van der Waals surface area (Å²) in [6.45, 7) is 9.61. The van der Waals surface area contributed by atoms with Gasteiger partial charge in [0, 0.05) is 31.2 Å². The van der Waals surface area contributed by atoms with Crippen molar-refractivity contribution in [3.8, 4) is 0 Å². The van der Waals surface area contributed by atoms with Gasteiger partial charge < -0.3 is 15.4 Å². The van der Waals surface area contributed by atoms with Gasteiger partial charge in [0.2, 0.25) is 5.91 Å². The Morgan fingerprint density at radius 2 is 1.70 bits per heavy atom. The summed E-state index contributed by atoms with van der Waals surface area (Å²) in [6, 6.07) is 15.3. The zero-order valence-electron chi connectivity index (χ0n) is 21.8. The second-order valence-electron chi connectivity index (χ2n) is 10.3. The molecule has 1 saturated heterocycles. The number of amides is 2. The average molecular weight is 502 g/mol. The minimum atomic E-state index is -0.183. The van der Waals surface area contributed by atoms with Gasteiger partial charge in [-0.2, -0.15) is 0 Å². The fraction of sp³-hybridized carbons (Fsp3) is 0.379. The van der Waals surface area contributed by atoms with Crippen LogP contribution < -0.4 is 10.6 Å². The van der Waals surface area contributed by atoms with Crippen LogP contribution in [0.2, 0.25) is 0 Å². The highest BCUT2D eigenvalue weighted by Gasteiger charge is 2.17. The molecule has 37 heavy (non-hydrogen) atoms. The molecule has 2 N–H and O–H groups in total. The first-order valence-electron chi connectivity index (χ1n) is 12.7. The Morgan fingerprint density at radius 3 is 2.43 bits per heavy atom. The summed E-state index contributed by atoms with van der Waals surface area (Å²) in [4.78, 5) is 36.3. The van der Waals surface area contributed by atoms with Gasteiger partial charge in [0.05, 0.1) is 31.0 Å². The molecule has 2 aromatic heterocycles. The van der Waals surface area contributed by atoms with E-state index in [2.05, 4.69) is 46.3 Å². The smallest absolute Gasteiger partial charge is 0.257 e. The molecule has 194 valence electrons. The highest BCUT2D eigenvalue weighted by atomic mass is 16.5. The Kier molecular flexibility index (Phi) is 8.63. The number of aryl methyl sites for hydroxylation is 2. The van der Waals surface area contributed by atoms with E-state index in [1.807, 2.05) is 36.4 Å². The van der Waals surface area contributed by atoms with E-state index >= 15 is 0 Å². The quantitative estimate of drug-likeness (QED) is 0.483. The van der Waals surface area contributed by atoms with Gasteiger partial charge in [-0.05, 0) is 65.8 Å². The van der Waals surface area contributed by atoms with E-state index in [1.165, 1.54) is 5.56 Å². The molecule has 0 saturated carbocycles. The van der Waals surface area contributed by atoms with Gasteiger partial charge >= 0.3 is 0 Å². The van der Waals surface area contributed by atoms with Crippen molar-refractivity contribution in [3.05, 3.63) is 83.3 Å². The lowest BCUT2D eigenvalue weighted by Gasteiger charge is -2.25. The summed E-state index contributed by atoms with van der Waals surface area (Å²) in [5, 5.41) is 5.88. The first-order valence-corrected chi connectivity index (χ1v) is 12.7. The number of anilines is 2. The molecule has 1 aliphatic rings. The van der Waals surface area contributed by atoms with Gasteiger partial charge in [0.25, 0.3) is 5.91 Å². The zero-order valence-corrected chi connectivity index (χ0v) is 21.8. The maximum atomic E-state index is 13.0. The molecule has 0 radical (unpaired) electrons.